The van der Waals surface area contributed by atoms with Gasteiger partial charge in [0, 0.05) is 31.9 Å². The Balaban J connectivity index is 1.28. The summed E-state index contributed by atoms with van der Waals surface area (Å²) in [5, 5.41) is 3.99. The van der Waals surface area contributed by atoms with Crippen LogP contribution in [0.1, 0.15) is 29.9 Å². The lowest BCUT2D eigenvalue weighted by Crippen LogP contribution is -2.39. The quantitative estimate of drug-likeness (QED) is 0.680. The third kappa shape index (κ3) is 4.42. The lowest BCUT2D eigenvalue weighted by molar-refractivity contribution is -0.131. The number of rotatable bonds is 5. The average Bonchev–Trinajstić information content (AvgIpc) is 3.19. The molecule has 1 saturated heterocycles. The Labute approximate surface area is 163 Å². The second-order valence-electron chi connectivity index (χ2n) is 7.29. The highest BCUT2D eigenvalue weighted by Crippen LogP contribution is 2.23. The second kappa shape index (κ2) is 8.29. The van der Waals surface area contributed by atoms with E-state index in [1.165, 1.54) is 5.56 Å². The van der Waals surface area contributed by atoms with Gasteiger partial charge in [-0.1, -0.05) is 35.0 Å². The number of piperidine rings is 1. The largest absolute Gasteiger partial charge is 0.342 e. The standard InChI is InChI=1S/C21H23N5O2/c1-15-2-4-16(5-3-15)13-20(27)26-10-6-17(7-11-26)12-19-24-21(25-28-19)18-14-22-8-9-23-18/h2-5,8-9,14,17H,6-7,10-13H2,1H3. The summed E-state index contributed by atoms with van der Waals surface area (Å²) in [6, 6.07) is 8.16. The minimum absolute atomic E-state index is 0.199. The first-order valence-electron chi connectivity index (χ1n) is 9.59. The van der Waals surface area contributed by atoms with Crippen molar-refractivity contribution < 1.29 is 9.32 Å². The van der Waals surface area contributed by atoms with Crippen molar-refractivity contribution in [3.8, 4) is 11.5 Å². The Morgan fingerprint density at radius 3 is 2.68 bits per heavy atom. The first-order valence-corrected chi connectivity index (χ1v) is 9.59. The van der Waals surface area contributed by atoms with E-state index in [0.717, 1.165) is 37.9 Å². The number of hydrogen-bond acceptors (Lipinski definition) is 6. The molecule has 7 nitrogen and oxygen atoms in total. The van der Waals surface area contributed by atoms with Crippen LogP contribution in [0.4, 0.5) is 0 Å². The topological polar surface area (TPSA) is 85.0 Å². The molecular weight excluding hydrogens is 354 g/mol. The molecule has 7 heteroatoms. The maximum Gasteiger partial charge on any atom is 0.227 e. The van der Waals surface area contributed by atoms with Crippen molar-refractivity contribution in [3.63, 3.8) is 0 Å². The van der Waals surface area contributed by atoms with Crippen LogP contribution < -0.4 is 0 Å². The minimum atomic E-state index is 0.199. The van der Waals surface area contributed by atoms with Gasteiger partial charge in [0.1, 0.15) is 5.69 Å². The maximum absolute atomic E-state index is 12.5. The number of amides is 1. The molecule has 1 aliphatic rings. The van der Waals surface area contributed by atoms with Crippen LogP contribution in [0.2, 0.25) is 0 Å². The van der Waals surface area contributed by atoms with E-state index in [1.54, 1.807) is 18.6 Å². The summed E-state index contributed by atoms with van der Waals surface area (Å²) in [5.74, 6) is 1.72. The summed E-state index contributed by atoms with van der Waals surface area (Å²) in [6.07, 6.45) is 7.92. The fourth-order valence-electron chi connectivity index (χ4n) is 3.48. The molecule has 0 aliphatic carbocycles. The Kier molecular flexibility index (Phi) is 5.41. The summed E-state index contributed by atoms with van der Waals surface area (Å²) in [5.41, 5.74) is 2.88. The van der Waals surface area contributed by atoms with Gasteiger partial charge in [0.2, 0.25) is 17.6 Å². The van der Waals surface area contributed by atoms with Gasteiger partial charge in [-0.2, -0.15) is 4.98 Å². The average molecular weight is 377 g/mol. The van der Waals surface area contributed by atoms with Crippen molar-refractivity contribution in [2.45, 2.75) is 32.6 Å². The van der Waals surface area contributed by atoms with Crippen molar-refractivity contribution in [1.82, 2.24) is 25.0 Å². The van der Waals surface area contributed by atoms with E-state index in [1.807, 2.05) is 17.0 Å². The third-order valence-electron chi connectivity index (χ3n) is 5.17. The molecule has 1 aliphatic heterocycles. The van der Waals surface area contributed by atoms with Gasteiger partial charge in [0.25, 0.3) is 0 Å². The Morgan fingerprint density at radius 2 is 1.96 bits per heavy atom. The first kappa shape index (κ1) is 18.3. The Bertz CT molecular complexity index is 915. The van der Waals surface area contributed by atoms with Crippen LogP contribution in [0.25, 0.3) is 11.5 Å². The number of benzene rings is 1. The zero-order chi connectivity index (χ0) is 19.3. The van der Waals surface area contributed by atoms with E-state index in [9.17, 15) is 4.79 Å². The number of carbonyl (C=O) groups is 1. The molecule has 144 valence electrons. The van der Waals surface area contributed by atoms with Crippen LogP contribution >= 0.6 is 0 Å². The summed E-state index contributed by atoms with van der Waals surface area (Å²) < 4.78 is 5.38. The van der Waals surface area contributed by atoms with Gasteiger partial charge in [-0.05, 0) is 31.2 Å². The van der Waals surface area contributed by atoms with Gasteiger partial charge in [0.15, 0.2) is 0 Å². The van der Waals surface area contributed by atoms with Gasteiger partial charge < -0.3 is 9.42 Å². The fourth-order valence-corrected chi connectivity index (χ4v) is 3.48. The normalized spacial score (nSPS) is 15.0. The molecule has 1 fully saturated rings. The summed E-state index contributed by atoms with van der Waals surface area (Å²) in [4.78, 5) is 27.2. The maximum atomic E-state index is 12.5. The highest BCUT2D eigenvalue weighted by molar-refractivity contribution is 5.78. The lowest BCUT2D eigenvalue weighted by atomic mass is 9.93. The number of hydrogen-bond donors (Lipinski definition) is 0. The molecule has 2 aromatic heterocycles. The number of nitrogens with zero attached hydrogens (tertiary/aromatic N) is 5. The van der Waals surface area contributed by atoms with Crippen molar-refractivity contribution in [1.29, 1.82) is 0 Å². The van der Waals surface area contributed by atoms with E-state index < -0.39 is 0 Å². The van der Waals surface area contributed by atoms with Gasteiger partial charge in [-0.3, -0.25) is 9.78 Å². The van der Waals surface area contributed by atoms with Crippen LogP contribution in [0, 0.1) is 12.8 Å². The molecule has 0 atom stereocenters. The molecule has 0 radical (unpaired) electrons. The van der Waals surface area contributed by atoms with Crippen LogP contribution in [0.15, 0.2) is 47.4 Å². The SMILES string of the molecule is Cc1ccc(CC(=O)N2CCC(Cc3nc(-c4cnccn4)no3)CC2)cc1. The van der Waals surface area contributed by atoms with Gasteiger partial charge in [0.05, 0.1) is 12.6 Å². The van der Waals surface area contributed by atoms with Gasteiger partial charge in [-0.25, -0.2) is 4.98 Å². The molecule has 1 amide bonds. The third-order valence-corrected chi connectivity index (χ3v) is 5.17. The molecule has 1 aromatic carbocycles. The molecule has 3 heterocycles. The first-order chi connectivity index (χ1) is 13.7. The second-order valence-corrected chi connectivity index (χ2v) is 7.29. The van der Waals surface area contributed by atoms with E-state index in [0.29, 0.717) is 29.7 Å². The van der Waals surface area contributed by atoms with E-state index >= 15 is 0 Å². The molecule has 0 bridgehead atoms. The molecular formula is C21H23N5O2. The highest BCUT2D eigenvalue weighted by atomic mass is 16.5. The van der Waals surface area contributed by atoms with Gasteiger partial charge in [-0.15, -0.1) is 0 Å². The summed E-state index contributed by atoms with van der Waals surface area (Å²) in [6.45, 7) is 3.61. The Morgan fingerprint density at radius 1 is 1.18 bits per heavy atom. The highest BCUT2D eigenvalue weighted by Gasteiger charge is 2.24. The lowest BCUT2D eigenvalue weighted by Gasteiger charge is -2.31. The van der Waals surface area contributed by atoms with Crippen molar-refractivity contribution in [3.05, 3.63) is 59.9 Å². The molecule has 4 rings (SSSR count). The summed E-state index contributed by atoms with van der Waals surface area (Å²) in [7, 11) is 0. The number of likely N-dealkylation sites (tertiary alicyclic amines) is 1. The zero-order valence-electron chi connectivity index (χ0n) is 15.9. The molecule has 0 saturated carbocycles. The van der Waals surface area contributed by atoms with Crippen LogP contribution in [-0.2, 0) is 17.6 Å². The van der Waals surface area contributed by atoms with Crippen molar-refractivity contribution in [2.75, 3.05) is 13.1 Å². The molecule has 0 unspecified atom stereocenters. The van der Waals surface area contributed by atoms with E-state index in [-0.39, 0.29) is 5.91 Å². The predicted octanol–water partition coefficient (Wildman–Crippen LogP) is 2.86. The zero-order valence-corrected chi connectivity index (χ0v) is 15.9. The number of aryl methyl sites for hydroxylation is 1. The molecule has 0 spiro atoms. The van der Waals surface area contributed by atoms with Gasteiger partial charge >= 0.3 is 0 Å². The predicted molar refractivity (Wildman–Crippen MR) is 103 cm³/mol. The van der Waals surface area contributed by atoms with Crippen LogP contribution in [-0.4, -0.2) is 44.0 Å². The van der Waals surface area contributed by atoms with E-state index in [2.05, 4.69) is 39.2 Å². The summed E-state index contributed by atoms with van der Waals surface area (Å²) >= 11 is 0. The van der Waals surface area contributed by atoms with Crippen molar-refractivity contribution in [2.24, 2.45) is 5.92 Å². The Hall–Kier alpha value is -3.09. The number of carbonyl (C=O) groups excluding carboxylic acids is 1. The fraction of sp³-hybridized carbons (Fsp3) is 0.381. The molecule has 0 N–H and O–H groups in total. The van der Waals surface area contributed by atoms with E-state index in [4.69, 9.17) is 4.52 Å². The molecule has 3 aromatic rings. The smallest absolute Gasteiger partial charge is 0.227 e. The van der Waals surface area contributed by atoms with Crippen LogP contribution in [0.5, 0.6) is 0 Å². The van der Waals surface area contributed by atoms with Crippen molar-refractivity contribution >= 4 is 5.91 Å². The minimum Gasteiger partial charge on any atom is -0.342 e. The molecule has 28 heavy (non-hydrogen) atoms. The van der Waals surface area contributed by atoms with Crippen LogP contribution in [0.3, 0.4) is 0 Å². The number of aromatic nitrogens is 4. The monoisotopic (exact) mass is 377 g/mol.